The van der Waals surface area contributed by atoms with Gasteiger partial charge in [0.25, 0.3) is 0 Å². The summed E-state index contributed by atoms with van der Waals surface area (Å²) in [5.74, 6) is 0.826. The van der Waals surface area contributed by atoms with Crippen LogP contribution in [0, 0.1) is 6.92 Å². The summed E-state index contributed by atoms with van der Waals surface area (Å²) in [6.07, 6.45) is 3.71. The van der Waals surface area contributed by atoms with Gasteiger partial charge < -0.3 is 10.5 Å². The average molecular weight is 165 g/mol. The van der Waals surface area contributed by atoms with E-state index in [1.807, 2.05) is 13.1 Å². The number of ether oxygens (including phenoxy) is 1. The maximum absolute atomic E-state index is 5.48. The maximum Gasteiger partial charge on any atom is 0.219 e. The molecular formula is C8H11N3O. The Kier molecular flexibility index (Phi) is 1.62. The van der Waals surface area contributed by atoms with Crippen molar-refractivity contribution < 1.29 is 4.74 Å². The standard InChI is InChI=1S/C8H11N3O/c1-6-3-10-11-4-7(2-9)5-12-8(6)11/h3-4H,2,5,9H2,1H3. The van der Waals surface area contributed by atoms with Gasteiger partial charge in [-0.1, -0.05) is 0 Å². The topological polar surface area (TPSA) is 53.1 Å². The van der Waals surface area contributed by atoms with Gasteiger partial charge in [0, 0.05) is 18.3 Å². The van der Waals surface area contributed by atoms with Gasteiger partial charge in [0.05, 0.1) is 6.20 Å². The van der Waals surface area contributed by atoms with Crippen LogP contribution in [0.15, 0.2) is 11.8 Å². The molecule has 0 spiro atoms. The number of aryl methyl sites for hydroxylation is 1. The van der Waals surface area contributed by atoms with E-state index in [1.165, 1.54) is 0 Å². The molecule has 2 rings (SSSR count). The van der Waals surface area contributed by atoms with Crippen LogP contribution in [0.5, 0.6) is 5.88 Å². The van der Waals surface area contributed by atoms with E-state index in [0.717, 1.165) is 17.0 Å². The number of aromatic nitrogens is 2. The van der Waals surface area contributed by atoms with Crippen molar-refractivity contribution in [3.8, 4) is 5.88 Å². The lowest BCUT2D eigenvalue weighted by atomic mass is 10.3. The van der Waals surface area contributed by atoms with Crippen LogP contribution >= 0.6 is 0 Å². The first-order valence-electron chi connectivity index (χ1n) is 3.88. The second-order valence-electron chi connectivity index (χ2n) is 2.86. The fourth-order valence-electron chi connectivity index (χ4n) is 1.19. The molecule has 4 nitrogen and oxygen atoms in total. The van der Waals surface area contributed by atoms with Crippen molar-refractivity contribution in [2.75, 3.05) is 13.2 Å². The van der Waals surface area contributed by atoms with Gasteiger partial charge in [0.2, 0.25) is 5.88 Å². The van der Waals surface area contributed by atoms with Crippen molar-refractivity contribution in [2.24, 2.45) is 5.73 Å². The van der Waals surface area contributed by atoms with E-state index in [0.29, 0.717) is 13.2 Å². The zero-order valence-electron chi connectivity index (χ0n) is 6.95. The summed E-state index contributed by atoms with van der Waals surface area (Å²) >= 11 is 0. The molecule has 0 atom stereocenters. The molecule has 4 heteroatoms. The predicted molar refractivity (Wildman–Crippen MR) is 45.8 cm³/mol. The van der Waals surface area contributed by atoms with Gasteiger partial charge in [-0.3, -0.25) is 0 Å². The highest BCUT2D eigenvalue weighted by Gasteiger charge is 2.12. The second-order valence-corrected chi connectivity index (χ2v) is 2.86. The van der Waals surface area contributed by atoms with Gasteiger partial charge in [-0.25, -0.2) is 4.68 Å². The van der Waals surface area contributed by atoms with Crippen molar-refractivity contribution in [3.63, 3.8) is 0 Å². The molecule has 1 aromatic heterocycles. The Morgan fingerprint density at radius 2 is 2.58 bits per heavy atom. The van der Waals surface area contributed by atoms with Crippen molar-refractivity contribution >= 4 is 6.20 Å². The zero-order valence-corrected chi connectivity index (χ0v) is 6.95. The average Bonchev–Trinajstić information content (AvgIpc) is 2.47. The summed E-state index contributed by atoms with van der Waals surface area (Å²) < 4.78 is 7.17. The van der Waals surface area contributed by atoms with Crippen LogP contribution in [-0.4, -0.2) is 22.9 Å². The number of fused-ring (bicyclic) bond motifs is 1. The van der Waals surface area contributed by atoms with Gasteiger partial charge in [-0.05, 0) is 12.5 Å². The van der Waals surface area contributed by atoms with E-state index in [-0.39, 0.29) is 0 Å². The third-order valence-corrected chi connectivity index (χ3v) is 1.88. The van der Waals surface area contributed by atoms with Gasteiger partial charge in [0.15, 0.2) is 0 Å². The van der Waals surface area contributed by atoms with E-state index in [9.17, 15) is 0 Å². The highest BCUT2D eigenvalue weighted by molar-refractivity contribution is 5.41. The molecule has 0 unspecified atom stereocenters. The summed E-state index contributed by atoms with van der Waals surface area (Å²) in [6.45, 7) is 3.08. The SMILES string of the molecule is Cc1cnn2c1OCC(CN)=C2. The third-order valence-electron chi connectivity index (χ3n) is 1.88. The van der Waals surface area contributed by atoms with Crippen LogP contribution in [-0.2, 0) is 0 Å². The normalized spacial score (nSPS) is 15.0. The van der Waals surface area contributed by atoms with Crippen molar-refractivity contribution in [1.82, 2.24) is 9.78 Å². The van der Waals surface area contributed by atoms with Crippen LogP contribution in [0.4, 0.5) is 0 Å². The van der Waals surface area contributed by atoms with Crippen molar-refractivity contribution in [2.45, 2.75) is 6.92 Å². The van der Waals surface area contributed by atoms with E-state index >= 15 is 0 Å². The third kappa shape index (κ3) is 1.00. The number of nitrogens with zero attached hydrogens (tertiary/aromatic N) is 2. The number of rotatable bonds is 1. The number of nitrogens with two attached hydrogens (primary N) is 1. The lowest BCUT2D eigenvalue weighted by molar-refractivity contribution is 0.316. The number of hydrogen-bond acceptors (Lipinski definition) is 3. The largest absolute Gasteiger partial charge is 0.473 e. The van der Waals surface area contributed by atoms with Crippen LogP contribution in [0.2, 0.25) is 0 Å². The molecule has 0 saturated heterocycles. The van der Waals surface area contributed by atoms with Crippen molar-refractivity contribution in [3.05, 3.63) is 17.3 Å². The summed E-state index contributed by atoms with van der Waals surface area (Å²) in [7, 11) is 0. The summed E-state index contributed by atoms with van der Waals surface area (Å²) in [5.41, 5.74) is 7.60. The predicted octanol–water partition coefficient (Wildman–Crippen LogP) is 0.384. The van der Waals surface area contributed by atoms with Gasteiger partial charge in [0.1, 0.15) is 6.61 Å². The summed E-state index contributed by atoms with van der Waals surface area (Å²) in [4.78, 5) is 0. The molecule has 0 bridgehead atoms. The van der Waals surface area contributed by atoms with Crippen LogP contribution in [0.1, 0.15) is 5.56 Å². The smallest absolute Gasteiger partial charge is 0.219 e. The molecule has 0 amide bonds. The highest BCUT2D eigenvalue weighted by atomic mass is 16.5. The van der Waals surface area contributed by atoms with Gasteiger partial charge in [-0.15, -0.1) is 0 Å². The minimum Gasteiger partial charge on any atom is -0.473 e. The molecule has 0 aliphatic carbocycles. The Morgan fingerprint density at radius 1 is 1.75 bits per heavy atom. The molecule has 12 heavy (non-hydrogen) atoms. The minimum atomic E-state index is 0.526. The molecule has 0 saturated carbocycles. The quantitative estimate of drug-likeness (QED) is 0.654. The first-order valence-corrected chi connectivity index (χ1v) is 3.88. The van der Waals surface area contributed by atoms with E-state index in [4.69, 9.17) is 10.5 Å². The van der Waals surface area contributed by atoms with Crippen LogP contribution in [0.25, 0.3) is 6.20 Å². The Hall–Kier alpha value is -1.29. The molecule has 2 N–H and O–H groups in total. The van der Waals surface area contributed by atoms with Gasteiger partial charge in [-0.2, -0.15) is 5.10 Å². The molecule has 1 aliphatic rings. The van der Waals surface area contributed by atoms with Crippen molar-refractivity contribution in [1.29, 1.82) is 0 Å². The molecule has 1 aliphatic heterocycles. The van der Waals surface area contributed by atoms with E-state index < -0.39 is 0 Å². The van der Waals surface area contributed by atoms with E-state index in [2.05, 4.69) is 5.10 Å². The Morgan fingerprint density at radius 3 is 3.33 bits per heavy atom. The van der Waals surface area contributed by atoms with E-state index in [1.54, 1.807) is 10.9 Å². The fraction of sp³-hybridized carbons (Fsp3) is 0.375. The Bertz CT molecular complexity index is 327. The van der Waals surface area contributed by atoms with Crippen LogP contribution in [0.3, 0.4) is 0 Å². The molecule has 1 aromatic rings. The fourth-order valence-corrected chi connectivity index (χ4v) is 1.19. The Labute approximate surface area is 70.6 Å². The monoisotopic (exact) mass is 165 g/mol. The molecular weight excluding hydrogens is 154 g/mol. The van der Waals surface area contributed by atoms with Crippen LogP contribution < -0.4 is 10.5 Å². The first-order chi connectivity index (χ1) is 5.81. The molecule has 0 aromatic carbocycles. The highest BCUT2D eigenvalue weighted by Crippen LogP contribution is 2.21. The molecule has 0 radical (unpaired) electrons. The summed E-state index contributed by atoms with van der Waals surface area (Å²) in [6, 6.07) is 0. The molecule has 64 valence electrons. The second kappa shape index (κ2) is 2.64. The molecule has 2 heterocycles. The number of hydrogen-bond donors (Lipinski definition) is 1. The Balaban J connectivity index is 2.42. The summed E-state index contributed by atoms with van der Waals surface area (Å²) in [5, 5.41) is 4.11. The minimum absolute atomic E-state index is 0.526. The zero-order chi connectivity index (χ0) is 8.55. The first kappa shape index (κ1) is 7.36. The lowest BCUT2D eigenvalue weighted by Crippen LogP contribution is -2.17. The lowest BCUT2D eigenvalue weighted by Gasteiger charge is -2.15. The van der Waals surface area contributed by atoms with Gasteiger partial charge >= 0.3 is 0 Å². The molecule has 0 fully saturated rings. The maximum atomic E-state index is 5.48.